The van der Waals surface area contributed by atoms with E-state index < -0.39 is 17.8 Å². The summed E-state index contributed by atoms with van der Waals surface area (Å²) in [6.45, 7) is 1.46. The van der Waals surface area contributed by atoms with Gasteiger partial charge in [0.2, 0.25) is 0 Å². The molecule has 6 heteroatoms. The van der Waals surface area contributed by atoms with Crippen molar-refractivity contribution in [3.05, 3.63) is 11.8 Å². The first-order valence-electron chi connectivity index (χ1n) is 3.09. The number of hydrogen-bond acceptors (Lipinski definition) is 3. The van der Waals surface area contributed by atoms with Crippen LogP contribution in [0.1, 0.15) is 6.92 Å². The average molecular weight is 183 g/mol. The summed E-state index contributed by atoms with van der Waals surface area (Å²) in [6, 6.07) is 0. The van der Waals surface area contributed by atoms with Gasteiger partial charge in [0.1, 0.15) is 5.70 Å². The van der Waals surface area contributed by atoms with Crippen molar-refractivity contribution in [2.75, 3.05) is 6.61 Å². The zero-order valence-corrected chi connectivity index (χ0v) is 6.31. The molecule has 0 amide bonds. The summed E-state index contributed by atoms with van der Waals surface area (Å²) in [5, 5.41) is 0. The van der Waals surface area contributed by atoms with Crippen LogP contribution < -0.4 is 5.73 Å². The van der Waals surface area contributed by atoms with Crippen molar-refractivity contribution in [1.82, 2.24) is 0 Å². The van der Waals surface area contributed by atoms with Crippen molar-refractivity contribution in [1.29, 1.82) is 0 Å². The van der Waals surface area contributed by atoms with Crippen LogP contribution in [0, 0.1) is 0 Å². The Morgan fingerprint density at radius 2 is 2.08 bits per heavy atom. The number of nitrogens with two attached hydrogens (primary N) is 1. The van der Waals surface area contributed by atoms with Crippen LogP contribution in [0.2, 0.25) is 0 Å². The second-order valence-corrected chi connectivity index (χ2v) is 1.86. The zero-order chi connectivity index (χ0) is 9.78. The molecule has 0 aromatic carbocycles. The molecule has 0 unspecified atom stereocenters. The van der Waals surface area contributed by atoms with Crippen molar-refractivity contribution in [3.63, 3.8) is 0 Å². The van der Waals surface area contributed by atoms with Crippen LogP contribution in [0.4, 0.5) is 13.2 Å². The number of halogens is 3. The van der Waals surface area contributed by atoms with Crippen LogP contribution in [0.25, 0.3) is 0 Å². The van der Waals surface area contributed by atoms with Gasteiger partial charge in [-0.25, -0.2) is 4.79 Å². The molecule has 0 radical (unpaired) electrons. The fourth-order valence-corrected chi connectivity index (χ4v) is 0.450. The molecule has 0 saturated heterocycles. The SMILES string of the molecule is CCOC(=O)/C(N)=C/C(F)(F)F. The number of hydrogen-bond donors (Lipinski definition) is 1. The monoisotopic (exact) mass is 183 g/mol. The summed E-state index contributed by atoms with van der Waals surface area (Å²) < 4.78 is 38.8. The second-order valence-electron chi connectivity index (χ2n) is 1.86. The lowest BCUT2D eigenvalue weighted by molar-refractivity contribution is -0.139. The smallest absolute Gasteiger partial charge is 0.411 e. The second kappa shape index (κ2) is 3.99. The Bertz CT molecular complexity index is 197. The van der Waals surface area contributed by atoms with Crippen LogP contribution in [0.15, 0.2) is 11.8 Å². The standard InChI is InChI=1S/C6H8F3NO2/c1-2-12-5(11)4(10)3-6(7,8)9/h3H,2,10H2,1H3/b4-3-. The summed E-state index contributed by atoms with van der Waals surface area (Å²) in [4.78, 5) is 10.5. The lowest BCUT2D eigenvalue weighted by Crippen LogP contribution is -2.18. The molecule has 3 nitrogen and oxygen atoms in total. The van der Waals surface area contributed by atoms with E-state index in [4.69, 9.17) is 5.73 Å². The minimum atomic E-state index is -4.59. The first-order chi connectivity index (χ1) is 5.37. The van der Waals surface area contributed by atoms with Gasteiger partial charge in [-0.05, 0) is 6.92 Å². The summed E-state index contributed by atoms with van der Waals surface area (Å²) >= 11 is 0. The molecule has 2 N–H and O–H groups in total. The fourth-order valence-electron chi connectivity index (χ4n) is 0.450. The Morgan fingerprint density at radius 3 is 2.42 bits per heavy atom. The highest BCUT2D eigenvalue weighted by Crippen LogP contribution is 2.17. The van der Waals surface area contributed by atoms with E-state index in [1.807, 2.05) is 0 Å². The highest BCUT2D eigenvalue weighted by molar-refractivity contribution is 5.87. The van der Waals surface area contributed by atoms with E-state index in [0.29, 0.717) is 0 Å². The number of allylic oxidation sites excluding steroid dienone is 1. The molecule has 0 spiro atoms. The molecule has 0 heterocycles. The number of carbonyl (C=O) groups is 1. The topological polar surface area (TPSA) is 52.3 Å². The molecule has 0 saturated carbocycles. The largest absolute Gasteiger partial charge is 0.461 e. The van der Waals surface area contributed by atoms with Crippen molar-refractivity contribution in [3.8, 4) is 0 Å². The highest BCUT2D eigenvalue weighted by atomic mass is 19.4. The quantitative estimate of drug-likeness (QED) is 0.512. The lowest BCUT2D eigenvalue weighted by Gasteiger charge is -2.03. The van der Waals surface area contributed by atoms with Gasteiger partial charge >= 0.3 is 12.1 Å². The maximum atomic E-state index is 11.5. The Kier molecular flexibility index (Phi) is 3.59. The molecule has 12 heavy (non-hydrogen) atoms. The van der Waals surface area contributed by atoms with Gasteiger partial charge < -0.3 is 10.5 Å². The molecule has 0 aromatic rings. The normalized spacial score (nSPS) is 12.8. The Labute approximate surface area is 67.0 Å². The summed E-state index contributed by atoms with van der Waals surface area (Å²) in [7, 11) is 0. The lowest BCUT2D eigenvalue weighted by atomic mass is 10.4. The molecule has 0 rings (SSSR count). The predicted octanol–water partition coefficient (Wildman–Crippen LogP) is 0.954. The first-order valence-corrected chi connectivity index (χ1v) is 3.09. The van der Waals surface area contributed by atoms with Gasteiger partial charge in [-0.15, -0.1) is 0 Å². The Balaban J connectivity index is 4.28. The van der Waals surface area contributed by atoms with E-state index in [1.54, 1.807) is 0 Å². The average Bonchev–Trinajstić information content (AvgIpc) is 1.84. The molecule has 0 aliphatic heterocycles. The third-order valence-electron chi connectivity index (χ3n) is 0.830. The molecular formula is C6H8F3NO2. The summed E-state index contributed by atoms with van der Waals surface area (Å²) in [5.74, 6) is -1.16. The van der Waals surface area contributed by atoms with Gasteiger partial charge in [-0.1, -0.05) is 0 Å². The maximum Gasteiger partial charge on any atom is 0.411 e. The summed E-state index contributed by atoms with van der Waals surface area (Å²) in [5.41, 5.74) is 3.82. The van der Waals surface area contributed by atoms with E-state index in [2.05, 4.69) is 4.74 Å². The number of ether oxygens (including phenoxy) is 1. The summed E-state index contributed by atoms with van der Waals surface area (Å²) in [6.07, 6.45) is -4.89. The number of rotatable bonds is 2. The van der Waals surface area contributed by atoms with Crippen LogP contribution in [-0.4, -0.2) is 18.8 Å². The first kappa shape index (κ1) is 10.8. The van der Waals surface area contributed by atoms with Crippen molar-refractivity contribution >= 4 is 5.97 Å². The third-order valence-corrected chi connectivity index (χ3v) is 0.830. The van der Waals surface area contributed by atoms with Gasteiger partial charge in [0, 0.05) is 6.08 Å². The molecule has 0 bridgehead atoms. The zero-order valence-electron chi connectivity index (χ0n) is 6.31. The van der Waals surface area contributed by atoms with Crippen LogP contribution in [0.3, 0.4) is 0 Å². The van der Waals surface area contributed by atoms with Crippen molar-refractivity contribution in [2.24, 2.45) is 5.73 Å². The van der Waals surface area contributed by atoms with Gasteiger partial charge in [-0.3, -0.25) is 0 Å². The van der Waals surface area contributed by atoms with E-state index in [0.717, 1.165) is 0 Å². The molecule has 0 atom stereocenters. The molecule has 0 aliphatic rings. The number of alkyl halides is 3. The van der Waals surface area contributed by atoms with E-state index in [-0.39, 0.29) is 12.7 Å². The van der Waals surface area contributed by atoms with Gasteiger partial charge in [0.15, 0.2) is 0 Å². The van der Waals surface area contributed by atoms with Crippen molar-refractivity contribution in [2.45, 2.75) is 13.1 Å². The molecule has 70 valence electrons. The molecule has 0 fully saturated rings. The highest BCUT2D eigenvalue weighted by Gasteiger charge is 2.26. The predicted molar refractivity (Wildman–Crippen MR) is 35.0 cm³/mol. The Morgan fingerprint density at radius 1 is 1.58 bits per heavy atom. The van der Waals surface area contributed by atoms with Crippen LogP contribution >= 0.6 is 0 Å². The van der Waals surface area contributed by atoms with E-state index in [9.17, 15) is 18.0 Å². The molecular weight excluding hydrogens is 175 g/mol. The van der Waals surface area contributed by atoms with Crippen LogP contribution in [0.5, 0.6) is 0 Å². The minimum Gasteiger partial charge on any atom is -0.461 e. The van der Waals surface area contributed by atoms with Gasteiger partial charge in [-0.2, -0.15) is 13.2 Å². The molecule has 0 aliphatic carbocycles. The van der Waals surface area contributed by atoms with E-state index >= 15 is 0 Å². The van der Waals surface area contributed by atoms with Crippen LogP contribution in [-0.2, 0) is 9.53 Å². The number of carbonyl (C=O) groups excluding carboxylic acids is 1. The minimum absolute atomic E-state index is 0.00870. The van der Waals surface area contributed by atoms with Gasteiger partial charge in [0.05, 0.1) is 6.61 Å². The van der Waals surface area contributed by atoms with Crippen molar-refractivity contribution < 1.29 is 22.7 Å². The number of esters is 1. The molecule has 0 aromatic heterocycles. The van der Waals surface area contributed by atoms with E-state index in [1.165, 1.54) is 6.92 Å². The Hall–Kier alpha value is -1.20. The fraction of sp³-hybridized carbons (Fsp3) is 0.500. The third kappa shape index (κ3) is 4.59. The maximum absolute atomic E-state index is 11.5. The van der Waals surface area contributed by atoms with Gasteiger partial charge in [0.25, 0.3) is 0 Å².